The molecule has 0 bridgehead atoms. The molecule has 5 nitrogen and oxygen atoms in total. The molecule has 0 aliphatic carbocycles. The molecule has 2 aromatic rings. The van der Waals surface area contributed by atoms with Crippen LogP contribution in [0.2, 0.25) is 0 Å². The first-order valence-corrected chi connectivity index (χ1v) is 5.50. The molecule has 0 aliphatic heterocycles. The van der Waals surface area contributed by atoms with Crippen molar-refractivity contribution in [2.75, 3.05) is 14.2 Å². The number of hydrogen-bond acceptors (Lipinski definition) is 4. The van der Waals surface area contributed by atoms with E-state index < -0.39 is 12.1 Å². The zero-order valence-corrected chi connectivity index (χ0v) is 10.5. The summed E-state index contributed by atoms with van der Waals surface area (Å²) in [5, 5.41) is 10.9. The fourth-order valence-corrected chi connectivity index (χ4v) is 1.95. The summed E-state index contributed by atoms with van der Waals surface area (Å²) in [7, 11) is 2.73. The van der Waals surface area contributed by atoms with E-state index in [9.17, 15) is 9.90 Å². The first kappa shape index (κ1) is 12.4. The number of hydrogen-bond donors (Lipinski definition) is 2. The van der Waals surface area contributed by atoms with E-state index in [2.05, 4.69) is 9.72 Å². The molecular weight excluding hydrogens is 234 g/mol. The van der Waals surface area contributed by atoms with Crippen LogP contribution >= 0.6 is 0 Å². The molecule has 0 aliphatic rings. The number of esters is 1. The summed E-state index contributed by atoms with van der Waals surface area (Å²) in [5.74, 6) is -0.254. The quantitative estimate of drug-likeness (QED) is 0.812. The van der Waals surface area contributed by atoms with Crippen molar-refractivity contribution in [2.24, 2.45) is 0 Å². The molecule has 0 saturated carbocycles. The minimum Gasteiger partial charge on any atom is -0.496 e. The second kappa shape index (κ2) is 4.70. The van der Waals surface area contributed by atoms with Crippen LogP contribution < -0.4 is 4.74 Å². The van der Waals surface area contributed by atoms with E-state index in [1.807, 2.05) is 13.0 Å². The molecule has 0 fully saturated rings. The van der Waals surface area contributed by atoms with Crippen molar-refractivity contribution in [3.05, 3.63) is 29.5 Å². The van der Waals surface area contributed by atoms with Gasteiger partial charge in [-0.1, -0.05) is 0 Å². The molecule has 1 aromatic carbocycles. The molecular formula is C13H15NO4. The Morgan fingerprint density at radius 3 is 2.67 bits per heavy atom. The van der Waals surface area contributed by atoms with E-state index in [-0.39, 0.29) is 0 Å². The van der Waals surface area contributed by atoms with Gasteiger partial charge in [-0.3, -0.25) is 0 Å². The van der Waals surface area contributed by atoms with Gasteiger partial charge in [-0.05, 0) is 25.1 Å². The molecule has 1 heterocycles. The summed E-state index contributed by atoms with van der Waals surface area (Å²) in [6.07, 6.45) is -1.35. The van der Waals surface area contributed by atoms with Crippen LogP contribution in [0.1, 0.15) is 17.4 Å². The maximum atomic E-state index is 11.4. The Kier molecular flexibility index (Phi) is 3.25. The Morgan fingerprint density at radius 2 is 2.06 bits per heavy atom. The van der Waals surface area contributed by atoms with Crippen LogP contribution in [-0.4, -0.2) is 30.3 Å². The van der Waals surface area contributed by atoms with Gasteiger partial charge < -0.3 is 19.6 Å². The number of aryl methyl sites for hydroxylation is 1. The van der Waals surface area contributed by atoms with Gasteiger partial charge in [0.1, 0.15) is 5.75 Å². The van der Waals surface area contributed by atoms with Gasteiger partial charge in [-0.25, -0.2) is 4.79 Å². The fraction of sp³-hybridized carbons (Fsp3) is 0.308. The lowest BCUT2D eigenvalue weighted by Crippen LogP contribution is -2.14. The Labute approximate surface area is 104 Å². The van der Waals surface area contributed by atoms with Crippen LogP contribution in [0.5, 0.6) is 5.75 Å². The van der Waals surface area contributed by atoms with E-state index in [4.69, 9.17) is 4.74 Å². The van der Waals surface area contributed by atoms with Crippen molar-refractivity contribution in [1.29, 1.82) is 0 Å². The van der Waals surface area contributed by atoms with Crippen LogP contribution in [0.3, 0.4) is 0 Å². The van der Waals surface area contributed by atoms with Crippen molar-refractivity contribution in [3.8, 4) is 5.75 Å². The highest BCUT2D eigenvalue weighted by molar-refractivity contribution is 5.86. The summed E-state index contributed by atoms with van der Waals surface area (Å²) >= 11 is 0. The molecule has 5 heteroatoms. The fourth-order valence-electron chi connectivity index (χ4n) is 1.95. The lowest BCUT2D eigenvalue weighted by molar-refractivity contribution is -0.150. The molecule has 0 spiro atoms. The molecule has 1 aromatic heterocycles. The Balaban J connectivity index is 2.57. The third-order valence-corrected chi connectivity index (χ3v) is 2.82. The number of carbonyl (C=O) groups is 1. The number of nitrogens with one attached hydrogen (secondary N) is 1. The molecule has 0 amide bonds. The van der Waals surface area contributed by atoms with Gasteiger partial charge in [0.2, 0.25) is 0 Å². The molecule has 1 unspecified atom stereocenters. The predicted molar refractivity (Wildman–Crippen MR) is 66.6 cm³/mol. The highest BCUT2D eigenvalue weighted by Gasteiger charge is 2.22. The van der Waals surface area contributed by atoms with Gasteiger partial charge in [0.15, 0.2) is 6.10 Å². The van der Waals surface area contributed by atoms with E-state index >= 15 is 0 Å². The van der Waals surface area contributed by atoms with Gasteiger partial charge in [0.05, 0.1) is 14.2 Å². The molecule has 18 heavy (non-hydrogen) atoms. The van der Waals surface area contributed by atoms with Gasteiger partial charge >= 0.3 is 5.97 Å². The average Bonchev–Trinajstić information content (AvgIpc) is 2.74. The largest absolute Gasteiger partial charge is 0.496 e. The Morgan fingerprint density at radius 1 is 1.33 bits per heavy atom. The first-order valence-electron chi connectivity index (χ1n) is 5.50. The number of ether oxygens (including phenoxy) is 2. The number of fused-ring (bicyclic) bond motifs is 1. The SMILES string of the molecule is COC(=O)C(O)c1cc2[nH]c(C)cc2cc1OC. The summed E-state index contributed by atoms with van der Waals surface area (Å²) in [6.45, 7) is 1.93. The van der Waals surface area contributed by atoms with E-state index in [1.165, 1.54) is 14.2 Å². The lowest BCUT2D eigenvalue weighted by Gasteiger charge is -2.13. The average molecular weight is 249 g/mol. The number of rotatable bonds is 3. The maximum absolute atomic E-state index is 11.4. The molecule has 2 N–H and O–H groups in total. The highest BCUT2D eigenvalue weighted by Crippen LogP contribution is 2.31. The third-order valence-electron chi connectivity index (χ3n) is 2.82. The van der Waals surface area contributed by atoms with Gasteiger partial charge in [-0.15, -0.1) is 0 Å². The van der Waals surface area contributed by atoms with Gasteiger partial charge in [0.25, 0.3) is 0 Å². The number of aliphatic hydroxyl groups excluding tert-OH is 1. The summed E-state index contributed by atoms with van der Waals surface area (Å²) < 4.78 is 9.73. The smallest absolute Gasteiger partial charge is 0.339 e. The standard InChI is InChI=1S/C13H15NO4/c1-7-4-8-5-11(17-2)9(6-10(8)14-7)12(15)13(16)18-3/h4-6,12,14-15H,1-3H3. The second-order valence-electron chi connectivity index (χ2n) is 4.06. The maximum Gasteiger partial charge on any atom is 0.339 e. The normalized spacial score (nSPS) is 12.4. The number of aromatic amines is 1. The molecule has 0 radical (unpaired) electrons. The monoisotopic (exact) mass is 249 g/mol. The molecule has 96 valence electrons. The first-order chi connectivity index (χ1) is 8.56. The molecule has 1 atom stereocenters. The van der Waals surface area contributed by atoms with E-state index in [1.54, 1.807) is 12.1 Å². The van der Waals surface area contributed by atoms with Crippen LogP contribution in [0.25, 0.3) is 10.9 Å². The lowest BCUT2D eigenvalue weighted by atomic mass is 10.1. The summed E-state index contributed by atoms with van der Waals surface area (Å²) in [4.78, 5) is 14.5. The predicted octanol–water partition coefficient (Wildman–Crippen LogP) is 1.69. The van der Waals surface area contributed by atoms with Crippen LogP contribution in [-0.2, 0) is 9.53 Å². The van der Waals surface area contributed by atoms with Crippen molar-refractivity contribution in [1.82, 2.24) is 4.98 Å². The van der Waals surface area contributed by atoms with Gasteiger partial charge in [0, 0.05) is 22.2 Å². The highest BCUT2D eigenvalue weighted by atomic mass is 16.5. The number of H-pyrrole nitrogens is 1. The zero-order valence-electron chi connectivity index (χ0n) is 10.5. The number of benzene rings is 1. The minimum absolute atomic E-state index is 0.388. The van der Waals surface area contributed by atoms with Crippen molar-refractivity contribution < 1.29 is 19.4 Å². The molecule has 0 saturated heterocycles. The van der Waals surface area contributed by atoms with E-state index in [0.717, 1.165) is 16.6 Å². The van der Waals surface area contributed by atoms with Crippen LogP contribution in [0.4, 0.5) is 0 Å². The number of methoxy groups -OCH3 is 2. The Bertz CT molecular complexity index is 588. The third kappa shape index (κ3) is 2.04. The van der Waals surface area contributed by atoms with Crippen molar-refractivity contribution in [3.63, 3.8) is 0 Å². The topological polar surface area (TPSA) is 71.5 Å². The second-order valence-corrected chi connectivity index (χ2v) is 4.06. The van der Waals surface area contributed by atoms with Crippen LogP contribution in [0.15, 0.2) is 18.2 Å². The van der Waals surface area contributed by atoms with Gasteiger partial charge in [-0.2, -0.15) is 0 Å². The van der Waals surface area contributed by atoms with Crippen molar-refractivity contribution in [2.45, 2.75) is 13.0 Å². The summed E-state index contributed by atoms with van der Waals surface area (Å²) in [6, 6.07) is 5.44. The zero-order chi connectivity index (χ0) is 13.3. The number of carbonyl (C=O) groups excluding carboxylic acids is 1. The number of aliphatic hydroxyl groups is 1. The number of aromatic nitrogens is 1. The van der Waals surface area contributed by atoms with E-state index in [0.29, 0.717) is 11.3 Å². The molecule has 2 rings (SSSR count). The Hall–Kier alpha value is -2.01. The van der Waals surface area contributed by atoms with Crippen molar-refractivity contribution >= 4 is 16.9 Å². The summed E-state index contributed by atoms with van der Waals surface area (Å²) in [5.41, 5.74) is 2.22. The van der Waals surface area contributed by atoms with Crippen LogP contribution in [0, 0.1) is 6.92 Å². The minimum atomic E-state index is -1.35.